The maximum absolute atomic E-state index is 3.88. The number of hydrogen-bond donors (Lipinski definition) is 1. The molecule has 0 spiro atoms. The highest BCUT2D eigenvalue weighted by atomic mass is 31.1. The normalized spacial score (nSPS) is 11.5. The third-order valence-corrected chi connectivity index (χ3v) is 11.4. The van der Waals surface area contributed by atoms with Crippen molar-refractivity contribution in [1.29, 1.82) is 0 Å². The van der Waals surface area contributed by atoms with Gasteiger partial charge in [-0.25, -0.2) is 0 Å². The molecule has 168 valence electrons. The Morgan fingerprint density at radius 1 is 0.485 bits per heavy atom. The summed E-state index contributed by atoms with van der Waals surface area (Å²) in [4.78, 5) is 0. The van der Waals surface area contributed by atoms with Crippen molar-refractivity contribution in [3.05, 3.63) is 109 Å². The zero-order valence-electron chi connectivity index (χ0n) is 19.9. The van der Waals surface area contributed by atoms with E-state index in [1.54, 1.807) is 0 Å². The molecule has 0 fully saturated rings. The molecule has 0 aliphatic heterocycles. The van der Waals surface area contributed by atoms with Crippen LogP contribution in [0.2, 0.25) is 0 Å². The molecule has 0 atom stereocenters. The van der Waals surface area contributed by atoms with E-state index in [-0.39, 0.29) is 7.92 Å². The van der Waals surface area contributed by atoms with Gasteiger partial charge in [0.05, 0.1) is 0 Å². The molecule has 0 radical (unpaired) electrons. The highest BCUT2D eigenvalue weighted by molar-refractivity contribution is 7.80. The van der Waals surface area contributed by atoms with Crippen molar-refractivity contribution >= 4 is 48.4 Å². The first kappa shape index (κ1) is 23.7. The van der Waals surface area contributed by atoms with Crippen LogP contribution >= 0.6 is 15.8 Å². The molecule has 4 aromatic carbocycles. The molecule has 0 bridgehead atoms. The number of anilines is 2. The number of rotatable bonds is 8. The summed E-state index contributed by atoms with van der Waals surface area (Å²) >= 11 is 0. The fraction of sp³-hybridized carbons (Fsp3) is 0.200. The van der Waals surface area contributed by atoms with E-state index < -0.39 is 7.92 Å². The van der Waals surface area contributed by atoms with Gasteiger partial charge in [-0.3, -0.25) is 0 Å². The molecule has 0 heterocycles. The molecule has 0 aromatic heterocycles. The average Bonchev–Trinajstić information content (AvgIpc) is 2.82. The van der Waals surface area contributed by atoms with Gasteiger partial charge in [0.15, 0.2) is 0 Å². The molecular weight excluding hydrogens is 436 g/mol. The van der Waals surface area contributed by atoms with Crippen LogP contribution in [0.25, 0.3) is 0 Å². The smallest absolute Gasteiger partial charge is 0.0469 e. The van der Waals surface area contributed by atoms with Gasteiger partial charge in [-0.15, -0.1) is 0 Å². The van der Waals surface area contributed by atoms with Crippen molar-refractivity contribution in [1.82, 2.24) is 0 Å². The van der Waals surface area contributed by atoms with Gasteiger partial charge in [-0.05, 0) is 47.3 Å². The topological polar surface area (TPSA) is 12.0 Å². The van der Waals surface area contributed by atoms with Crippen LogP contribution in [0.1, 0.15) is 27.7 Å². The Morgan fingerprint density at radius 3 is 1.36 bits per heavy atom. The molecule has 0 unspecified atom stereocenters. The van der Waals surface area contributed by atoms with Gasteiger partial charge in [0.2, 0.25) is 0 Å². The minimum Gasteiger partial charge on any atom is -0.354 e. The van der Waals surface area contributed by atoms with Crippen LogP contribution < -0.4 is 26.5 Å². The lowest BCUT2D eigenvalue weighted by Gasteiger charge is -2.29. The predicted octanol–water partition coefficient (Wildman–Crippen LogP) is 7.11. The summed E-state index contributed by atoms with van der Waals surface area (Å²) < 4.78 is 0. The standard InChI is InChI=1S/C30H33NP2/c1-23(2)32(24(3)4)29-21-13-11-19-27(29)31-28-20-12-14-22-30(28)33(25-15-7-5-8-16-25)26-17-9-6-10-18-26/h5-24,31H,1-4H3. The Labute approximate surface area is 201 Å². The molecule has 3 heteroatoms. The molecule has 1 N–H and O–H groups in total. The second-order valence-corrected chi connectivity index (χ2v) is 14.3. The highest BCUT2D eigenvalue weighted by Crippen LogP contribution is 2.47. The molecular formula is C30H33NP2. The second kappa shape index (κ2) is 11.1. The summed E-state index contributed by atoms with van der Waals surface area (Å²) in [5, 5.41) is 9.45. The van der Waals surface area contributed by atoms with Gasteiger partial charge in [0.1, 0.15) is 0 Å². The molecule has 4 rings (SSSR count). The van der Waals surface area contributed by atoms with Gasteiger partial charge in [-0.2, -0.15) is 0 Å². The van der Waals surface area contributed by atoms with Crippen molar-refractivity contribution < 1.29 is 0 Å². The average molecular weight is 470 g/mol. The van der Waals surface area contributed by atoms with Crippen LogP contribution in [0, 0.1) is 0 Å². The Hall–Kier alpha value is -2.46. The molecule has 1 nitrogen and oxygen atoms in total. The first-order valence-electron chi connectivity index (χ1n) is 11.7. The summed E-state index contributed by atoms with van der Waals surface area (Å²) in [5.74, 6) is 0. The quantitative estimate of drug-likeness (QED) is 0.271. The van der Waals surface area contributed by atoms with Crippen molar-refractivity contribution in [2.75, 3.05) is 5.32 Å². The maximum Gasteiger partial charge on any atom is 0.0469 e. The lowest BCUT2D eigenvalue weighted by molar-refractivity contribution is 1.02. The van der Waals surface area contributed by atoms with Crippen LogP contribution in [0.3, 0.4) is 0 Å². The lowest BCUT2D eigenvalue weighted by Crippen LogP contribution is -2.24. The lowest BCUT2D eigenvalue weighted by atomic mass is 10.2. The van der Waals surface area contributed by atoms with Gasteiger partial charge in [-0.1, -0.05) is 133 Å². The monoisotopic (exact) mass is 469 g/mol. The molecule has 0 aliphatic carbocycles. The van der Waals surface area contributed by atoms with Gasteiger partial charge in [0, 0.05) is 16.7 Å². The molecule has 0 saturated heterocycles. The van der Waals surface area contributed by atoms with Gasteiger partial charge >= 0.3 is 0 Å². The Kier molecular flexibility index (Phi) is 7.97. The van der Waals surface area contributed by atoms with Crippen LogP contribution in [0.5, 0.6) is 0 Å². The molecule has 33 heavy (non-hydrogen) atoms. The molecule has 4 aromatic rings. The summed E-state index contributed by atoms with van der Waals surface area (Å²) in [6.45, 7) is 9.45. The van der Waals surface area contributed by atoms with Crippen molar-refractivity contribution in [2.45, 2.75) is 39.0 Å². The van der Waals surface area contributed by atoms with E-state index in [0.717, 1.165) is 0 Å². The molecule has 0 amide bonds. The Bertz CT molecular complexity index is 1110. The van der Waals surface area contributed by atoms with Gasteiger partial charge in [0.25, 0.3) is 0 Å². The minimum atomic E-state index is -0.670. The molecule has 0 aliphatic rings. The van der Waals surface area contributed by atoms with Crippen molar-refractivity contribution in [3.63, 3.8) is 0 Å². The first-order chi connectivity index (χ1) is 16.1. The zero-order valence-corrected chi connectivity index (χ0v) is 21.7. The van der Waals surface area contributed by atoms with Crippen molar-refractivity contribution in [3.8, 4) is 0 Å². The van der Waals surface area contributed by atoms with E-state index in [1.165, 1.54) is 32.6 Å². The van der Waals surface area contributed by atoms with Crippen LogP contribution in [0.15, 0.2) is 109 Å². The fourth-order valence-corrected chi connectivity index (χ4v) is 9.83. The highest BCUT2D eigenvalue weighted by Gasteiger charge is 2.23. The second-order valence-electron chi connectivity index (χ2n) is 8.76. The van der Waals surface area contributed by atoms with E-state index in [2.05, 4.69) is 142 Å². The third kappa shape index (κ3) is 5.55. The predicted molar refractivity (Wildman–Crippen MR) is 152 cm³/mol. The van der Waals surface area contributed by atoms with Crippen LogP contribution in [-0.4, -0.2) is 11.3 Å². The zero-order chi connectivity index (χ0) is 23.2. The van der Waals surface area contributed by atoms with E-state index in [0.29, 0.717) is 11.3 Å². The van der Waals surface area contributed by atoms with Gasteiger partial charge < -0.3 is 5.32 Å². The van der Waals surface area contributed by atoms with E-state index in [9.17, 15) is 0 Å². The molecule has 0 saturated carbocycles. The third-order valence-electron chi connectivity index (χ3n) is 5.74. The number of nitrogens with one attached hydrogen (secondary N) is 1. The van der Waals surface area contributed by atoms with Crippen LogP contribution in [-0.2, 0) is 0 Å². The summed E-state index contributed by atoms with van der Waals surface area (Å²) in [6, 6.07) is 39.6. The van der Waals surface area contributed by atoms with Crippen LogP contribution in [0.4, 0.5) is 11.4 Å². The number of benzene rings is 4. The first-order valence-corrected chi connectivity index (χ1v) is 14.5. The fourth-order valence-electron chi connectivity index (χ4n) is 4.46. The number of hydrogen-bond acceptors (Lipinski definition) is 1. The summed E-state index contributed by atoms with van der Waals surface area (Å²) in [6.07, 6.45) is 0. The summed E-state index contributed by atoms with van der Waals surface area (Å²) in [5.41, 5.74) is 3.73. The Balaban J connectivity index is 1.81. The van der Waals surface area contributed by atoms with E-state index in [1.807, 2.05) is 0 Å². The largest absolute Gasteiger partial charge is 0.354 e. The maximum atomic E-state index is 3.88. The van der Waals surface area contributed by atoms with E-state index >= 15 is 0 Å². The van der Waals surface area contributed by atoms with E-state index in [4.69, 9.17) is 0 Å². The summed E-state index contributed by atoms with van der Waals surface area (Å²) in [7, 11) is -0.931. The minimum absolute atomic E-state index is 0.261. The Morgan fingerprint density at radius 2 is 0.879 bits per heavy atom. The SMILES string of the molecule is CC(C)P(c1ccccc1Nc1ccccc1P(c1ccccc1)c1ccccc1)C(C)C. The van der Waals surface area contributed by atoms with Crippen molar-refractivity contribution in [2.24, 2.45) is 0 Å². The number of para-hydroxylation sites is 2.